The minimum atomic E-state index is -0.235. The summed E-state index contributed by atoms with van der Waals surface area (Å²) < 4.78 is 1.64. The van der Waals surface area contributed by atoms with Gasteiger partial charge in [0.15, 0.2) is 5.82 Å². The van der Waals surface area contributed by atoms with Gasteiger partial charge in [-0.05, 0) is 26.1 Å². The number of carbonyl (C=O) groups is 1. The molecule has 10 nitrogen and oxygen atoms in total. The lowest BCUT2D eigenvalue weighted by Crippen LogP contribution is -2.47. The number of hydrogen-bond donors (Lipinski definition) is 3. The molecule has 30 heavy (non-hydrogen) atoms. The zero-order valence-electron chi connectivity index (χ0n) is 17.0. The van der Waals surface area contributed by atoms with Crippen molar-refractivity contribution >= 4 is 17.5 Å². The molecular formula is C20H25N9O. The van der Waals surface area contributed by atoms with E-state index in [0.29, 0.717) is 23.0 Å². The number of nitrogens with zero attached hydrogens (tertiary/aromatic N) is 6. The predicted molar refractivity (Wildman–Crippen MR) is 114 cm³/mol. The average molecular weight is 407 g/mol. The maximum atomic E-state index is 12.3. The third kappa shape index (κ3) is 4.73. The van der Waals surface area contributed by atoms with Crippen molar-refractivity contribution in [1.29, 1.82) is 0 Å². The first kappa shape index (κ1) is 19.8. The van der Waals surface area contributed by atoms with Crippen LogP contribution in [0.2, 0.25) is 0 Å². The highest BCUT2D eigenvalue weighted by Crippen LogP contribution is 2.17. The molecule has 1 amide bonds. The molecular weight excluding hydrogens is 382 g/mol. The Hall–Kier alpha value is -3.50. The van der Waals surface area contributed by atoms with Gasteiger partial charge in [0.1, 0.15) is 18.0 Å². The van der Waals surface area contributed by atoms with Crippen molar-refractivity contribution in [1.82, 2.24) is 35.1 Å². The molecule has 0 aliphatic carbocycles. The Morgan fingerprint density at radius 1 is 1.03 bits per heavy atom. The van der Waals surface area contributed by atoms with E-state index in [9.17, 15) is 4.79 Å². The normalized spacial score (nSPS) is 15.0. The van der Waals surface area contributed by atoms with Crippen LogP contribution in [-0.4, -0.2) is 68.8 Å². The van der Waals surface area contributed by atoms with E-state index in [1.54, 1.807) is 16.8 Å². The van der Waals surface area contributed by atoms with Crippen LogP contribution >= 0.6 is 0 Å². The van der Waals surface area contributed by atoms with E-state index >= 15 is 0 Å². The van der Waals surface area contributed by atoms with Crippen LogP contribution in [0.3, 0.4) is 0 Å². The molecule has 3 heterocycles. The Bertz CT molecular complexity index is 997. The molecule has 4 rings (SSSR count). The Kier molecular flexibility index (Phi) is 5.87. The number of rotatable bonds is 6. The van der Waals surface area contributed by atoms with Gasteiger partial charge < -0.3 is 10.3 Å². The van der Waals surface area contributed by atoms with Crippen molar-refractivity contribution in [2.45, 2.75) is 6.92 Å². The molecule has 3 aromatic rings. The standard InChI is InChI=1S/C20H25N9O/c1-15-12-19(23-24-20(30)16-6-4-3-5-7-16)29(25-15)18-13-17(21-14-22-18)26-28-10-8-27(2)9-11-28/h3-7,12-14,23H,8-11H2,1-2H3,(H,24,30)(H,21,22,26). The Morgan fingerprint density at radius 2 is 1.80 bits per heavy atom. The lowest BCUT2D eigenvalue weighted by molar-refractivity contribution is 0.0962. The number of benzene rings is 1. The quantitative estimate of drug-likeness (QED) is 0.526. The number of amides is 1. The number of aryl methyl sites for hydroxylation is 1. The van der Waals surface area contributed by atoms with Gasteiger partial charge in [0.25, 0.3) is 5.91 Å². The first-order valence-electron chi connectivity index (χ1n) is 9.79. The molecule has 1 aromatic carbocycles. The van der Waals surface area contributed by atoms with E-state index in [4.69, 9.17) is 0 Å². The molecule has 0 bridgehead atoms. The molecule has 0 saturated carbocycles. The second-order valence-corrected chi connectivity index (χ2v) is 7.19. The van der Waals surface area contributed by atoms with Crippen LogP contribution in [0, 0.1) is 6.92 Å². The molecule has 1 aliphatic heterocycles. The number of anilines is 2. The van der Waals surface area contributed by atoms with E-state index in [2.05, 4.69) is 48.3 Å². The fourth-order valence-corrected chi connectivity index (χ4v) is 3.15. The van der Waals surface area contributed by atoms with Crippen LogP contribution in [0.15, 0.2) is 48.8 Å². The van der Waals surface area contributed by atoms with Crippen molar-refractivity contribution in [2.75, 3.05) is 44.1 Å². The summed E-state index contributed by atoms with van der Waals surface area (Å²) in [4.78, 5) is 23.3. The number of hydrogen-bond acceptors (Lipinski definition) is 8. The number of likely N-dealkylation sites (N-methyl/N-ethyl adjacent to an activating group) is 1. The summed E-state index contributed by atoms with van der Waals surface area (Å²) in [5.74, 6) is 1.64. The summed E-state index contributed by atoms with van der Waals surface area (Å²) in [6, 6.07) is 12.7. The van der Waals surface area contributed by atoms with E-state index < -0.39 is 0 Å². The highest BCUT2D eigenvalue weighted by atomic mass is 16.2. The Labute approximate surface area is 174 Å². The second-order valence-electron chi connectivity index (χ2n) is 7.19. The molecule has 0 atom stereocenters. The van der Waals surface area contributed by atoms with Gasteiger partial charge >= 0.3 is 0 Å². The first-order chi connectivity index (χ1) is 14.6. The zero-order chi connectivity index (χ0) is 20.9. The summed E-state index contributed by atoms with van der Waals surface area (Å²) in [6.07, 6.45) is 1.50. The number of carbonyl (C=O) groups excluding carboxylic acids is 1. The van der Waals surface area contributed by atoms with Gasteiger partial charge in [-0.25, -0.2) is 15.0 Å². The van der Waals surface area contributed by atoms with Crippen LogP contribution in [0.5, 0.6) is 0 Å². The van der Waals surface area contributed by atoms with Gasteiger partial charge in [-0.1, -0.05) is 18.2 Å². The van der Waals surface area contributed by atoms with Crippen LogP contribution in [-0.2, 0) is 0 Å². The third-order valence-electron chi connectivity index (χ3n) is 4.82. The summed E-state index contributed by atoms with van der Waals surface area (Å²) in [7, 11) is 2.12. The average Bonchev–Trinajstić information content (AvgIpc) is 3.15. The minimum absolute atomic E-state index is 0.235. The van der Waals surface area contributed by atoms with E-state index in [-0.39, 0.29) is 5.91 Å². The van der Waals surface area contributed by atoms with Crippen LogP contribution < -0.4 is 16.3 Å². The monoisotopic (exact) mass is 407 g/mol. The van der Waals surface area contributed by atoms with Crippen molar-refractivity contribution in [3.8, 4) is 5.82 Å². The number of nitrogens with one attached hydrogen (secondary N) is 3. The van der Waals surface area contributed by atoms with Crippen molar-refractivity contribution in [2.24, 2.45) is 0 Å². The van der Waals surface area contributed by atoms with Gasteiger partial charge in [0.2, 0.25) is 0 Å². The third-order valence-corrected chi connectivity index (χ3v) is 4.82. The fourth-order valence-electron chi connectivity index (χ4n) is 3.15. The molecule has 3 N–H and O–H groups in total. The van der Waals surface area contributed by atoms with E-state index in [1.165, 1.54) is 6.33 Å². The zero-order valence-corrected chi connectivity index (χ0v) is 17.0. The van der Waals surface area contributed by atoms with Gasteiger partial charge in [0, 0.05) is 43.9 Å². The highest BCUT2D eigenvalue weighted by Gasteiger charge is 2.15. The van der Waals surface area contributed by atoms with Crippen molar-refractivity contribution in [3.63, 3.8) is 0 Å². The van der Waals surface area contributed by atoms with Gasteiger partial charge in [-0.15, -0.1) is 0 Å². The number of aromatic nitrogens is 4. The van der Waals surface area contributed by atoms with Gasteiger partial charge in [0.05, 0.1) is 5.69 Å². The number of hydrazine groups is 2. The van der Waals surface area contributed by atoms with Crippen molar-refractivity contribution in [3.05, 3.63) is 60.0 Å². The second kappa shape index (κ2) is 8.89. The van der Waals surface area contributed by atoms with Gasteiger partial charge in [-0.2, -0.15) is 9.78 Å². The molecule has 1 fully saturated rings. The molecule has 10 heteroatoms. The molecule has 156 valence electrons. The van der Waals surface area contributed by atoms with Crippen LogP contribution in [0.1, 0.15) is 16.1 Å². The molecule has 2 aromatic heterocycles. The maximum Gasteiger partial charge on any atom is 0.269 e. The highest BCUT2D eigenvalue weighted by molar-refractivity contribution is 5.94. The SMILES string of the molecule is Cc1cc(NNC(=O)c2ccccc2)n(-c2cc(NN3CCN(C)CC3)ncn2)n1. The molecule has 0 spiro atoms. The van der Waals surface area contributed by atoms with Gasteiger partial charge in [-0.3, -0.25) is 15.6 Å². The summed E-state index contributed by atoms with van der Waals surface area (Å²) in [6.45, 7) is 5.70. The first-order valence-corrected chi connectivity index (χ1v) is 9.79. The Morgan fingerprint density at radius 3 is 2.57 bits per heavy atom. The lowest BCUT2D eigenvalue weighted by atomic mass is 10.2. The molecule has 0 unspecified atom stereocenters. The largest absolute Gasteiger partial charge is 0.304 e. The molecule has 1 saturated heterocycles. The molecule has 0 radical (unpaired) electrons. The predicted octanol–water partition coefficient (Wildman–Crippen LogP) is 1.30. The summed E-state index contributed by atoms with van der Waals surface area (Å²) >= 11 is 0. The Balaban J connectivity index is 1.47. The molecule has 1 aliphatic rings. The van der Waals surface area contributed by atoms with Crippen LogP contribution in [0.4, 0.5) is 11.6 Å². The number of piperazine rings is 1. The fraction of sp³-hybridized carbons (Fsp3) is 0.300. The lowest BCUT2D eigenvalue weighted by Gasteiger charge is -2.32. The topological polar surface area (TPSA) is 103 Å². The van der Waals surface area contributed by atoms with E-state index in [0.717, 1.165) is 31.9 Å². The maximum absolute atomic E-state index is 12.3. The summed E-state index contributed by atoms with van der Waals surface area (Å²) in [5.41, 5.74) is 10.3. The minimum Gasteiger partial charge on any atom is -0.304 e. The van der Waals surface area contributed by atoms with Crippen molar-refractivity contribution < 1.29 is 4.79 Å². The smallest absolute Gasteiger partial charge is 0.269 e. The van der Waals surface area contributed by atoms with E-state index in [1.807, 2.05) is 37.3 Å². The summed E-state index contributed by atoms with van der Waals surface area (Å²) in [5, 5.41) is 6.63. The van der Waals surface area contributed by atoms with Crippen LogP contribution in [0.25, 0.3) is 5.82 Å².